The first kappa shape index (κ1) is 14.0. The zero-order valence-corrected chi connectivity index (χ0v) is 10.2. The highest BCUT2D eigenvalue weighted by molar-refractivity contribution is 5.04. The molecule has 0 aromatic carbocycles. The van der Waals surface area contributed by atoms with Crippen LogP contribution in [0.3, 0.4) is 0 Å². The fourth-order valence-corrected chi connectivity index (χ4v) is 1.15. The molecule has 0 heterocycles. The molecule has 0 aromatic rings. The molecule has 0 atom stereocenters. The SMILES string of the molecule is CC=CC=CCCC=CC=CCCCC. The van der Waals surface area contributed by atoms with Crippen LogP contribution >= 0.6 is 0 Å². The minimum absolute atomic E-state index is 1.13. The van der Waals surface area contributed by atoms with Crippen LogP contribution in [0.1, 0.15) is 46.0 Å². The van der Waals surface area contributed by atoms with Gasteiger partial charge in [-0.3, -0.25) is 0 Å². The lowest BCUT2D eigenvalue weighted by molar-refractivity contribution is 0.815. The first-order chi connectivity index (χ1) is 7.41. The van der Waals surface area contributed by atoms with Crippen molar-refractivity contribution in [2.24, 2.45) is 0 Å². The zero-order valence-electron chi connectivity index (χ0n) is 10.2. The molecule has 0 radical (unpaired) electrons. The van der Waals surface area contributed by atoms with Crippen LogP contribution in [0.4, 0.5) is 0 Å². The molecule has 0 fully saturated rings. The number of allylic oxidation sites excluding steroid dienone is 8. The summed E-state index contributed by atoms with van der Waals surface area (Å²) >= 11 is 0. The van der Waals surface area contributed by atoms with Crippen LogP contribution in [0.2, 0.25) is 0 Å². The summed E-state index contributed by atoms with van der Waals surface area (Å²) in [7, 11) is 0. The normalized spacial score (nSPS) is 12.9. The molecule has 15 heavy (non-hydrogen) atoms. The average molecular weight is 204 g/mol. The van der Waals surface area contributed by atoms with Crippen molar-refractivity contribution in [3.05, 3.63) is 48.6 Å². The van der Waals surface area contributed by atoms with E-state index >= 15 is 0 Å². The molecule has 0 aliphatic heterocycles. The lowest BCUT2D eigenvalue weighted by atomic mass is 10.2. The molecule has 0 amide bonds. The fourth-order valence-electron chi connectivity index (χ4n) is 1.15. The molecule has 0 aliphatic rings. The molecular weight excluding hydrogens is 180 g/mol. The van der Waals surface area contributed by atoms with Gasteiger partial charge in [0.2, 0.25) is 0 Å². The fraction of sp³-hybridized carbons (Fsp3) is 0.467. The molecule has 84 valence electrons. The van der Waals surface area contributed by atoms with Crippen LogP contribution in [0.5, 0.6) is 0 Å². The minimum Gasteiger partial charge on any atom is -0.0877 e. The predicted octanol–water partition coefficient (Wildman–Crippen LogP) is 5.20. The van der Waals surface area contributed by atoms with Gasteiger partial charge in [-0.25, -0.2) is 0 Å². The molecular formula is C15H24. The third-order valence-corrected chi connectivity index (χ3v) is 2.05. The van der Waals surface area contributed by atoms with Crippen molar-refractivity contribution in [3.8, 4) is 0 Å². The summed E-state index contributed by atoms with van der Waals surface area (Å²) in [6.07, 6.45) is 23.2. The van der Waals surface area contributed by atoms with Crippen molar-refractivity contribution in [3.63, 3.8) is 0 Å². The van der Waals surface area contributed by atoms with Gasteiger partial charge in [0.25, 0.3) is 0 Å². The summed E-state index contributed by atoms with van der Waals surface area (Å²) in [5.74, 6) is 0. The van der Waals surface area contributed by atoms with Crippen LogP contribution in [-0.4, -0.2) is 0 Å². The number of rotatable bonds is 8. The molecule has 0 heteroatoms. The Labute approximate surface area is 95.1 Å². The van der Waals surface area contributed by atoms with E-state index in [1.54, 1.807) is 0 Å². The maximum Gasteiger partial charge on any atom is -0.0313 e. The van der Waals surface area contributed by atoms with E-state index < -0.39 is 0 Å². The van der Waals surface area contributed by atoms with Gasteiger partial charge in [-0.1, -0.05) is 68.4 Å². The summed E-state index contributed by atoms with van der Waals surface area (Å²) in [6.45, 7) is 4.26. The largest absolute Gasteiger partial charge is 0.0877 e. The Hall–Kier alpha value is -1.04. The van der Waals surface area contributed by atoms with Crippen molar-refractivity contribution in [1.82, 2.24) is 0 Å². The van der Waals surface area contributed by atoms with Gasteiger partial charge in [0.05, 0.1) is 0 Å². The van der Waals surface area contributed by atoms with E-state index in [2.05, 4.69) is 49.5 Å². The third kappa shape index (κ3) is 13.0. The first-order valence-electron chi connectivity index (χ1n) is 6.01. The van der Waals surface area contributed by atoms with Gasteiger partial charge >= 0.3 is 0 Å². The van der Waals surface area contributed by atoms with Crippen molar-refractivity contribution in [2.75, 3.05) is 0 Å². The van der Waals surface area contributed by atoms with Crippen LogP contribution in [-0.2, 0) is 0 Å². The van der Waals surface area contributed by atoms with E-state index in [9.17, 15) is 0 Å². The predicted molar refractivity (Wildman–Crippen MR) is 71.0 cm³/mol. The molecule has 0 bridgehead atoms. The Morgan fingerprint density at radius 3 is 1.80 bits per heavy atom. The Morgan fingerprint density at radius 1 is 0.733 bits per heavy atom. The molecule has 0 spiro atoms. The second kappa shape index (κ2) is 13.0. The van der Waals surface area contributed by atoms with Gasteiger partial charge in [-0.05, 0) is 26.2 Å². The van der Waals surface area contributed by atoms with Crippen LogP contribution in [0.15, 0.2) is 48.6 Å². The molecule has 0 unspecified atom stereocenters. The maximum absolute atomic E-state index is 2.25. The Bertz CT molecular complexity index is 216. The number of hydrogen-bond acceptors (Lipinski definition) is 0. The molecule has 0 nitrogen and oxygen atoms in total. The summed E-state index contributed by atoms with van der Waals surface area (Å²) in [6, 6.07) is 0. The maximum atomic E-state index is 2.25. The van der Waals surface area contributed by atoms with Gasteiger partial charge in [0.15, 0.2) is 0 Å². The lowest BCUT2D eigenvalue weighted by Gasteiger charge is -1.86. The molecule has 0 N–H and O–H groups in total. The van der Waals surface area contributed by atoms with Gasteiger partial charge in [-0.15, -0.1) is 0 Å². The van der Waals surface area contributed by atoms with E-state index in [0.717, 1.165) is 12.8 Å². The van der Waals surface area contributed by atoms with E-state index in [4.69, 9.17) is 0 Å². The van der Waals surface area contributed by atoms with Crippen LogP contribution < -0.4 is 0 Å². The van der Waals surface area contributed by atoms with Crippen LogP contribution in [0.25, 0.3) is 0 Å². The standard InChI is InChI=1S/C15H24/c1-3-5-7-9-11-13-15-14-12-10-8-6-4-2/h3,5,7,9-10,12,14-15H,4,6,8,11,13H2,1-2H3. The molecule has 0 saturated carbocycles. The van der Waals surface area contributed by atoms with Crippen molar-refractivity contribution < 1.29 is 0 Å². The monoisotopic (exact) mass is 204 g/mol. The minimum atomic E-state index is 1.13. The van der Waals surface area contributed by atoms with Crippen molar-refractivity contribution in [1.29, 1.82) is 0 Å². The second-order valence-corrected chi connectivity index (χ2v) is 3.53. The molecule has 0 aromatic heterocycles. The smallest absolute Gasteiger partial charge is 0.0313 e. The quantitative estimate of drug-likeness (QED) is 0.376. The second-order valence-electron chi connectivity index (χ2n) is 3.53. The topological polar surface area (TPSA) is 0 Å². The van der Waals surface area contributed by atoms with E-state index in [-0.39, 0.29) is 0 Å². The number of unbranched alkanes of at least 4 members (excludes halogenated alkanes) is 3. The zero-order chi connectivity index (χ0) is 11.2. The third-order valence-electron chi connectivity index (χ3n) is 2.05. The summed E-state index contributed by atoms with van der Waals surface area (Å²) in [5, 5.41) is 0. The highest BCUT2D eigenvalue weighted by Gasteiger charge is 1.76. The number of hydrogen-bond donors (Lipinski definition) is 0. The highest BCUT2D eigenvalue weighted by Crippen LogP contribution is 1.97. The first-order valence-corrected chi connectivity index (χ1v) is 6.01. The average Bonchev–Trinajstić information content (AvgIpc) is 2.26. The van der Waals surface area contributed by atoms with Crippen molar-refractivity contribution in [2.45, 2.75) is 46.0 Å². The Kier molecular flexibility index (Phi) is 12.1. The van der Waals surface area contributed by atoms with Gasteiger partial charge < -0.3 is 0 Å². The Morgan fingerprint density at radius 2 is 1.27 bits per heavy atom. The molecule has 0 aliphatic carbocycles. The van der Waals surface area contributed by atoms with Crippen molar-refractivity contribution >= 4 is 0 Å². The van der Waals surface area contributed by atoms with E-state index in [0.29, 0.717) is 0 Å². The summed E-state index contributed by atoms with van der Waals surface area (Å²) in [4.78, 5) is 0. The van der Waals surface area contributed by atoms with E-state index in [1.165, 1.54) is 19.3 Å². The highest BCUT2D eigenvalue weighted by atomic mass is 13.8. The summed E-state index contributed by atoms with van der Waals surface area (Å²) in [5.41, 5.74) is 0. The van der Waals surface area contributed by atoms with Gasteiger partial charge in [0.1, 0.15) is 0 Å². The summed E-state index contributed by atoms with van der Waals surface area (Å²) < 4.78 is 0. The van der Waals surface area contributed by atoms with Gasteiger partial charge in [-0.2, -0.15) is 0 Å². The molecule has 0 saturated heterocycles. The van der Waals surface area contributed by atoms with E-state index in [1.807, 2.05) is 13.0 Å². The Balaban J connectivity index is 3.34. The molecule has 0 rings (SSSR count). The van der Waals surface area contributed by atoms with Crippen LogP contribution in [0, 0.1) is 0 Å². The lowest BCUT2D eigenvalue weighted by Crippen LogP contribution is -1.66. The van der Waals surface area contributed by atoms with Gasteiger partial charge in [0, 0.05) is 0 Å².